The maximum atomic E-state index is 12.2. The summed E-state index contributed by atoms with van der Waals surface area (Å²) in [6.07, 6.45) is -0.165. The largest absolute Gasteiger partial charge is 0.502 e. The molecule has 0 bridgehead atoms. The highest BCUT2D eigenvalue weighted by molar-refractivity contribution is 5.71. The first-order valence-corrected chi connectivity index (χ1v) is 9.90. The molecule has 1 atom stereocenters. The summed E-state index contributed by atoms with van der Waals surface area (Å²) in [7, 11) is 0. The molecule has 1 unspecified atom stereocenters. The van der Waals surface area contributed by atoms with Gasteiger partial charge in [0.25, 0.3) is 0 Å². The number of rotatable bonds is 9. The normalized spacial score (nSPS) is 11.7. The van der Waals surface area contributed by atoms with Crippen molar-refractivity contribution in [2.75, 3.05) is 6.61 Å². The van der Waals surface area contributed by atoms with Gasteiger partial charge in [0.15, 0.2) is 5.76 Å². The number of ether oxygens (including phenoxy) is 2. The van der Waals surface area contributed by atoms with Crippen LogP contribution in [-0.4, -0.2) is 22.8 Å². The third kappa shape index (κ3) is 5.73. The summed E-state index contributed by atoms with van der Waals surface area (Å²) in [5.74, 6) is -1.50. The molecule has 1 aromatic heterocycles. The van der Waals surface area contributed by atoms with Crippen molar-refractivity contribution in [1.29, 1.82) is 0 Å². The molecule has 0 aliphatic carbocycles. The van der Waals surface area contributed by atoms with E-state index in [-0.39, 0.29) is 24.5 Å². The van der Waals surface area contributed by atoms with E-state index in [1.165, 1.54) is 0 Å². The van der Waals surface area contributed by atoms with Crippen LogP contribution in [0.1, 0.15) is 41.9 Å². The van der Waals surface area contributed by atoms with Crippen LogP contribution in [0.5, 0.6) is 11.5 Å². The maximum absolute atomic E-state index is 12.2. The summed E-state index contributed by atoms with van der Waals surface area (Å²) >= 11 is 0. The highest BCUT2D eigenvalue weighted by Gasteiger charge is 2.27. The molecule has 0 saturated heterocycles. The van der Waals surface area contributed by atoms with Gasteiger partial charge in [-0.3, -0.25) is 9.59 Å². The lowest BCUT2D eigenvalue weighted by Gasteiger charge is -2.18. The maximum Gasteiger partial charge on any atom is 0.306 e. The molecule has 3 aromatic rings. The Morgan fingerprint density at radius 1 is 1.10 bits per heavy atom. The zero-order valence-corrected chi connectivity index (χ0v) is 17.1. The van der Waals surface area contributed by atoms with Crippen LogP contribution in [0.4, 0.5) is 0 Å². The highest BCUT2D eigenvalue weighted by Crippen LogP contribution is 2.35. The minimum atomic E-state index is -0.807. The lowest BCUT2D eigenvalue weighted by Crippen LogP contribution is -2.15. The van der Waals surface area contributed by atoms with E-state index in [0.29, 0.717) is 17.9 Å². The van der Waals surface area contributed by atoms with Crippen molar-refractivity contribution in [3.8, 4) is 11.5 Å². The molecule has 0 radical (unpaired) electrons. The van der Waals surface area contributed by atoms with E-state index in [4.69, 9.17) is 13.9 Å². The Morgan fingerprint density at radius 3 is 2.58 bits per heavy atom. The summed E-state index contributed by atoms with van der Waals surface area (Å²) in [4.78, 5) is 24.4. The molecule has 2 N–H and O–H groups in total. The van der Waals surface area contributed by atoms with Crippen LogP contribution >= 0.6 is 0 Å². The molecule has 2 aromatic carbocycles. The fraction of sp³-hybridized carbons (Fsp3) is 0.250. The van der Waals surface area contributed by atoms with Gasteiger partial charge in [-0.25, -0.2) is 0 Å². The Balaban J connectivity index is 1.95. The molecule has 162 valence electrons. The van der Waals surface area contributed by atoms with E-state index in [0.717, 1.165) is 11.6 Å². The summed E-state index contributed by atoms with van der Waals surface area (Å²) in [5.41, 5.74) is 0.887. The second-order valence-corrected chi connectivity index (χ2v) is 6.86. The Kier molecular flexibility index (Phi) is 7.45. The van der Waals surface area contributed by atoms with Gasteiger partial charge in [0.2, 0.25) is 11.2 Å². The summed E-state index contributed by atoms with van der Waals surface area (Å²) in [6, 6.07) is 17.6. The van der Waals surface area contributed by atoms with Crippen molar-refractivity contribution in [2.45, 2.75) is 32.5 Å². The Bertz CT molecular complexity index is 1070. The molecule has 7 nitrogen and oxygen atoms in total. The summed E-state index contributed by atoms with van der Waals surface area (Å²) in [6.45, 7) is 1.72. The molecule has 1 heterocycles. The molecular formula is C24H24O7. The van der Waals surface area contributed by atoms with Gasteiger partial charge in [0.05, 0.1) is 18.9 Å². The van der Waals surface area contributed by atoms with Gasteiger partial charge in [-0.2, -0.15) is 0 Å². The first kappa shape index (κ1) is 22.1. The quantitative estimate of drug-likeness (QED) is 0.506. The number of esters is 1. The van der Waals surface area contributed by atoms with E-state index in [9.17, 15) is 19.8 Å². The fourth-order valence-electron chi connectivity index (χ4n) is 3.18. The van der Waals surface area contributed by atoms with E-state index in [1.807, 2.05) is 30.3 Å². The van der Waals surface area contributed by atoms with Gasteiger partial charge in [-0.15, -0.1) is 0 Å². The van der Waals surface area contributed by atoms with Crippen LogP contribution < -0.4 is 10.2 Å². The molecule has 0 saturated carbocycles. The summed E-state index contributed by atoms with van der Waals surface area (Å²) < 4.78 is 16.5. The van der Waals surface area contributed by atoms with Crippen molar-refractivity contribution < 1.29 is 28.9 Å². The van der Waals surface area contributed by atoms with Crippen LogP contribution in [0, 0.1) is 0 Å². The van der Waals surface area contributed by atoms with Crippen molar-refractivity contribution >= 4 is 5.97 Å². The zero-order valence-electron chi connectivity index (χ0n) is 17.1. The number of aliphatic hydroxyl groups excluding tert-OH is 1. The lowest BCUT2D eigenvalue weighted by atomic mass is 9.92. The van der Waals surface area contributed by atoms with E-state index in [2.05, 4.69) is 0 Å². The zero-order chi connectivity index (χ0) is 22.2. The molecule has 3 rings (SSSR count). The van der Waals surface area contributed by atoms with Gasteiger partial charge < -0.3 is 24.1 Å². The summed E-state index contributed by atoms with van der Waals surface area (Å²) in [5, 5.41) is 19.7. The average Bonchev–Trinajstić information content (AvgIpc) is 2.79. The second-order valence-electron chi connectivity index (χ2n) is 6.86. The number of carbonyl (C=O) groups excluding carboxylic acids is 1. The van der Waals surface area contributed by atoms with Crippen molar-refractivity contribution in [3.05, 3.63) is 93.5 Å². The molecule has 0 amide bonds. The Labute approximate surface area is 179 Å². The smallest absolute Gasteiger partial charge is 0.306 e. The number of hydrogen-bond acceptors (Lipinski definition) is 7. The topological polar surface area (TPSA) is 106 Å². The molecule has 7 heteroatoms. The molecular weight excluding hydrogens is 400 g/mol. The predicted molar refractivity (Wildman–Crippen MR) is 113 cm³/mol. The number of benzene rings is 2. The first-order chi connectivity index (χ1) is 15.0. The minimum absolute atomic E-state index is 0.0110. The van der Waals surface area contributed by atoms with Crippen molar-refractivity contribution in [1.82, 2.24) is 0 Å². The number of carbonyl (C=O) groups is 1. The van der Waals surface area contributed by atoms with Gasteiger partial charge >= 0.3 is 5.97 Å². The fourth-order valence-corrected chi connectivity index (χ4v) is 3.18. The SMILES string of the molecule is CCOC(=O)CC(c1cccc(OCc2ccccc2)c1)c1oc(CO)cc(=O)c1O. The third-order valence-corrected chi connectivity index (χ3v) is 4.66. The Morgan fingerprint density at radius 2 is 1.87 bits per heavy atom. The minimum Gasteiger partial charge on any atom is -0.502 e. The molecule has 0 aliphatic rings. The van der Waals surface area contributed by atoms with Crippen LogP contribution in [-0.2, 0) is 22.7 Å². The van der Waals surface area contributed by atoms with Gasteiger partial charge in [0, 0.05) is 6.07 Å². The monoisotopic (exact) mass is 424 g/mol. The van der Waals surface area contributed by atoms with E-state index < -0.39 is 29.7 Å². The van der Waals surface area contributed by atoms with Crippen molar-refractivity contribution in [3.63, 3.8) is 0 Å². The van der Waals surface area contributed by atoms with Gasteiger partial charge in [0.1, 0.15) is 24.7 Å². The first-order valence-electron chi connectivity index (χ1n) is 9.90. The number of aliphatic hydroxyl groups is 1. The van der Waals surface area contributed by atoms with Crippen molar-refractivity contribution in [2.24, 2.45) is 0 Å². The third-order valence-electron chi connectivity index (χ3n) is 4.66. The Hall–Kier alpha value is -3.58. The van der Waals surface area contributed by atoms with Gasteiger partial charge in [-0.1, -0.05) is 42.5 Å². The number of aromatic hydroxyl groups is 1. The molecule has 0 fully saturated rings. The predicted octanol–water partition coefficient (Wildman–Crippen LogP) is 3.50. The van der Waals surface area contributed by atoms with Gasteiger partial charge in [-0.05, 0) is 30.2 Å². The average molecular weight is 424 g/mol. The molecule has 0 spiro atoms. The highest BCUT2D eigenvalue weighted by atomic mass is 16.5. The van der Waals surface area contributed by atoms with Crippen LogP contribution in [0.15, 0.2) is 69.9 Å². The van der Waals surface area contributed by atoms with Crippen LogP contribution in [0.3, 0.4) is 0 Å². The second kappa shape index (κ2) is 10.4. The van der Waals surface area contributed by atoms with E-state index in [1.54, 1.807) is 31.2 Å². The molecule has 31 heavy (non-hydrogen) atoms. The van der Waals surface area contributed by atoms with Crippen LogP contribution in [0.2, 0.25) is 0 Å². The lowest BCUT2D eigenvalue weighted by molar-refractivity contribution is -0.143. The van der Waals surface area contributed by atoms with Crippen LogP contribution in [0.25, 0.3) is 0 Å². The standard InChI is InChI=1S/C24H24O7/c1-2-29-22(27)13-20(24-23(28)21(26)12-19(14-25)31-24)17-9-6-10-18(11-17)30-15-16-7-4-3-5-8-16/h3-12,20,25,28H,2,13-15H2,1H3. The molecule has 0 aliphatic heterocycles. The van der Waals surface area contributed by atoms with E-state index >= 15 is 0 Å². The number of hydrogen-bond donors (Lipinski definition) is 2.